The predicted octanol–water partition coefficient (Wildman–Crippen LogP) is 8.04. The molecule has 0 fully saturated rings. The van der Waals surface area contributed by atoms with Gasteiger partial charge >= 0.3 is 0 Å². The largest absolute Gasteiger partial charge is 0.507 e. The van der Waals surface area contributed by atoms with Crippen molar-refractivity contribution in [3.63, 3.8) is 0 Å². The fraction of sp³-hybridized carbons (Fsp3) is 0.533. The summed E-state index contributed by atoms with van der Waals surface area (Å²) >= 11 is 0. The second-order valence-electron chi connectivity index (χ2n) is 12.2. The lowest BCUT2D eigenvalue weighted by atomic mass is 9.71. The van der Waals surface area contributed by atoms with Gasteiger partial charge in [0.05, 0.1) is 0 Å². The third-order valence-corrected chi connectivity index (χ3v) is 7.06. The van der Waals surface area contributed by atoms with Crippen molar-refractivity contribution in [2.75, 3.05) is 0 Å². The first-order valence-corrected chi connectivity index (χ1v) is 12.0. The average Bonchev–Trinajstić information content (AvgIpc) is 2.96. The second-order valence-corrected chi connectivity index (χ2v) is 12.2. The molecule has 0 amide bonds. The Morgan fingerprint density at radius 1 is 0.750 bits per heavy atom. The molecule has 0 saturated heterocycles. The minimum Gasteiger partial charge on any atom is -0.507 e. The van der Waals surface area contributed by atoms with Gasteiger partial charge in [0.25, 0.3) is 0 Å². The van der Waals surface area contributed by atoms with Crippen LogP contribution in [0.25, 0.3) is 0 Å². The summed E-state index contributed by atoms with van der Waals surface area (Å²) in [6.07, 6.45) is 3.33. The van der Waals surface area contributed by atoms with E-state index in [1.807, 2.05) is 0 Å². The topological polar surface area (TPSA) is 40.5 Å². The van der Waals surface area contributed by atoms with Crippen LogP contribution in [0.3, 0.4) is 0 Å². The Balaban J connectivity index is 2.35. The zero-order valence-electron chi connectivity index (χ0n) is 21.7. The molecule has 1 aliphatic rings. The van der Waals surface area contributed by atoms with E-state index >= 15 is 0 Å². The molecule has 32 heavy (non-hydrogen) atoms. The Kier molecular flexibility index (Phi) is 6.32. The second kappa shape index (κ2) is 8.28. The van der Waals surface area contributed by atoms with Crippen LogP contribution in [0.15, 0.2) is 35.9 Å². The van der Waals surface area contributed by atoms with Crippen LogP contribution in [0, 0.1) is 25.7 Å². The molecule has 2 N–H and O–H groups in total. The summed E-state index contributed by atoms with van der Waals surface area (Å²) in [5, 5.41) is 23.2. The number of benzene rings is 2. The first kappa shape index (κ1) is 24.4. The van der Waals surface area contributed by atoms with E-state index < -0.39 is 0 Å². The molecule has 0 saturated carbocycles. The Morgan fingerprint density at radius 3 is 1.47 bits per heavy atom. The molecule has 0 aliphatic heterocycles. The van der Waals surface area contributed by atoms with Crippen molar-refractivity contribution in [2.24, 2.45) is 11.8 Å². The van der Waals surface area contributed by atoms with E-state index in [9.17, 15) is 10.2 Å². The molecule has 2 nitrogen and oxygen atoms in total. The highest BCUT2D eigenvalue weighted by Crippen LogP contribution is 2.51. The lowest BCUT2D eigenvalue weighted by molar-refractivity contribution is 0.366. The van der Waals surface area contributed by atoms with Gasteiger partial charge in [0, 0.05) is 17.0 Å². The van der Waals surface area contributed by atoms with E-state index in [4.69, 9.17) is 0 Å². The van der Waals surface area contributed by atoms with Crippen LogP contribution in [0.1, 0.15) is 101 Å². The van der Waals surface area contributed by atoms with Crippen molar-refractivity contribution in [1.29, 1.82) is 0 Å². The van der Waals surface area contributed by atoms with E-state index in [-0.39, 0.29) is 22.7 Å². The zero-order chi connectivity index (χ0) is 24.2. The van der Waals surface area contributed by atoms with Gasteiger partial charge in [0.1, 0.15) is 11.5 Å². The van der Waals surface area contributed by atoms with Gasteiger partial charge in [0.2, 0.25) is 0 Å². The van der Waals surface area contributed by atoms with E-state index in [0.717, 1.165) is 39.8 Å². The quantitative estimate of drug-likeness (QED) is 0.480. The molecule has 2 atom stereocenters. The molecule has 0 aromatic heterocycles. The van der Waals surface area contributed by atoms with Crippen LogP contribution in [0.2, 0.25) is 0 Å². The molecule has 2 unspecified atom stereocenters. The van der Waals surface area contributed by atoms with Gasteiger partial charge in [-0.05, 0) is 61.0 Å². The van der Waals surface area contributed by atoms with Gasteiger partial charge in [-0.1, -0.05) is 95.5 Å². The van der Waals surface area contributed by atoms with Crippen LogP contribution in [-0.4, -0.2) is 10.2 Å². The summed E-state index contributed by atoms with van der Waals surface area (Å²) in [6.45, 7) is 21.5. The summed E-state index contributed by atoms with van der Waals surface area (Å²) in [4.78, 5) is 0. The van der Waals surface area contributed by atoms with Gasteiger partial charge in [0.15, 0.2) is 0 Å². The highest BCUT2D eigenvalue weighted by Gasteiger charge is 2.37. The molecule has 3 rings (SSSR count). The van der Waals surface area contributed by atoms with Crippen LogP contribution in [-0.2, 0) is 10.8 Å². The SMILES string of the molecule is CC1=CC(C)C(C(c2cc(C)cc(C(C)(C)C)c2O)c2cc(C)cc(C(C)(C)C)c2O)C1. The smallest absolute Gasteiger partial charge is 0.123 e. The maximum Gasteiger partial charge on any atom is 0.123 e. The number of phenols is 2. The number of rotatable bonds is 3. The van der Waals surface area contributed by atoms with Crippen LogP contribution in [0.4, 0.5) is 0 Å². The van der Waals surface area contributed by atoms with Crippen molar-refractivity contribution in [3.05, 3.63) is 69.3 Å². The molecule has 2 heteroatoms. The normalized spacial score (nSPS) is 19.5. The summed E-state index contributed by atoms with van der Waals surface area (Å²) < 4.78 is 0. The molecular formula is C30H42O2. The third-order valence-electron chi connectivity index (χ3n) is 7.06. The average molecular weight is 435 g/mol. The van der Waals surface area contributed by atoms with E-state index in [0.29, 0.717) is 17.4 Å². The molecule has 0 heterocycles. The minimum atomic E-state index is -0.171. The molecule has 2 aromatic carbocycles. The number of aryl methyl sites for hydroxylation is 2. The van der Waals surface area contributed by atoms with E-state index in [1.54, 1.807) is 0 Å². The standard InChI is InChI=1S/C30H42O2/c1-17-11-20(4)21(12-17)26(22-13-18(2)15-24(27(22)31)29(5,6)7)23-14-19(3)16-25(28(23)32)30(8,9)10/h11,13-16,20-21,26,31-32H,12H2,1-10H3. The first-order chi connectivity index (χ1) is 14.6. The highest BCUT2D eigenvalue weighted by molar-refractivity contribution is 5.57. The van der Waals surface area contributed by atoms with Crippen LogP contribution in [0.5, 0.6) is 11.5 Å². The lowest BCUT2D eigenvalue weighted by Crippen LogP contribution is -2.21. The number of allylic oxidation sites excluding steroid dienone is 2. The van der Waals surface area contributed by atoms with Gasteiger partial charge < -0.3 is 10.2 Å². The molecule has 1 aliphatic carbocycles. The number of phenolic OH excluding ortho intramolecular Hbond substituents is 2. The highest BCUT2D eigenvalue weighted by atomic mass is 16.3. The van der Waals surface area contributed by atoms with E-state index in [1.165, 1.54) is 5.57 Å². The monoisotopic (exact) mass is 434 g/mol. The lowest BCUT2D eigenvalue weighted by Gasteiger charge is -2.33. The van der Waals surface area contributed by atoms with Crippen LogP contribution < -0.4 is 0 Å². The fourth-order valence-electron chi connectivity index (χ4n) is 5.48. The Hall–Kier alpha value is -2.22. The van der Waals surface area contributed by atoms with Crippen molar-refractivity contribution in [2.45, 2.75) is 92.4 Å². The number of aromatic hydroxyl groups is 2. The van der Waals surface area contributed by atoms with Crippen molar-refractivity contribution in [3.8, 4) is 11.5 Å². The number of hydrogen-bond acceptors (Lipinski definition) is 2. The maximum absolute atomic E-state index is 11.6. The Bertz CT molecular complexity index is 974. The summed E-state index contributed by atoms with van der Waals surface area (Å²) in [6, 6.07) is 8.48. The third kappa shape index (κ3) is 4.60. The first-order valence-electron chi connectivity index (χ1n) is 12.0. The van der Waals surface area contributed by atoms with Gasteiger partial charge in [-0.2, -0.15) is 0 Å². The zero-order valence-corrected chi connectivity index (χ0v) is 21.7. The number of hydrogen-bond donors (Lipinski definition) is 2. The van der Waals surface area contributed by atoms with Crippen molar-refractivity contribution in [1.82, 2.24) is 0 Å². The maximum atomic E-state index is 11.6. The molecule has 2 aromatic rings. The Morgan fingerprint density at radius 2 is 1.16 bits per heavy atom. The minimum absolute atomic E-state index is 0.0827. The predicted molar refractivity (Wildman–Crippen MR) is 136 cm³/mol. The molecular weight excluding hydrogens is 392 g/mol. The van der Waals surface area contributed by atoms with E-state index in [2.05, 4.69) is 99.6 Å². The molecule has 0 spiro atoms. The molecule has 174 valence electrons. The summed E-state index contributed by atoms with van der Waals surface area (Å²) in [5.41, 5.74) is 7.15. The van der Waals surface area contributed by atoms with Crippen LogP contribution >= 0.6 is 0 Å². The molecule has 0 radical (unpaired) electrons. The van der Waals surface area contributed by atoms with Gasteiger partial charge in [-0.25, -0.2) is 0 Å². The summed E-state index contributed by atoms with van der Waals surface area (Å²) in [7, 11) is 0. The Labute approximate surface area is 195 Å². The van der Waals surface area contributed by atoms with Crippen molar-refractivity contribution >= 4 is 0 Å². The van der Waals surface area contributed by atoms with Gasteiger partial charge in [-0.3, -0.25) is 0 Å². The molecule has 0 bridgehead atoms. The van der Waals surface area contributed by atoms with Gasteiger partial charge in [-0.15, -0.1) is 0 Å². The fourth-order valence-corrected chi connectivity index (χ4v) is 5.48. The van der Waals surface area contributed by atoms with Crippen molar-refractivity contribution < 1.29 is 10.2 Å². The summed E-state index contributed by atoms with van der Waals surface area (Å²) in [5.74, 6) is 1.33.